The normalized spacial score (nSPS) is 20.8. The number of hydrogen-bond donors (Lipinski definition) is 1. The summed E-state index contributed by atoms with van der Waals surface area (Å²) in [5.74, 6) is 1.31. The van der Waals surface area contributed by atoms with Crippen LogP contribution in [0.3, 0.4) is 0 Å². The summed E-state index contributed by atoms with van der Waals surface area (Å²) in [6, 6.07) is 6.24. The maximum atomic E-state index is 6.07. The van der Waals surface area contributed by atoms with Crippen LogP contribution in [-0.2, 0) is 18.0 Å². The molecule has 2 aliphatic rings. The molecule has 0 bridgehead atoms. The molecule has 1 aliphatic carbocycles. The second-order valence-electron chi connectivity index (χ2n) is 4.96. The molecule has 2 N–H and O–H groups in total. The number of benzene rings is 1. The Bertz CT molecular complexity index is 448. The molecule has 3 heteroatoms. The van der Waals surface area contributed by atoms with E-state index in [-0.39, 0.29) is 0 Å². The van der Waals surface area contributed by atoms with Gasteiger partial charge in [-0.1, -0.05) is 18.9 Å². The third-order valence-corrected chi connectivity index (χ3v) is 3.74. The van der Waals surface area contributed by atoms with E-state index in [2.05, 4.69) is 17.1 Å². The molecule has 1 aromatic carbocycles. The van der Waals surface area contributed by atoms with E-state index >= 15 is 0 Å². The van der Waals surface area contributed by atoms with Crippen molar-refractivity contribution < 1.29 is 4.74 Å². The summed E-state index contributed by atoms with van der Waals surface area (Å²) in [7, 11) is 0. The van der Waals surface area contributed by atoms with Crippen molar-refractivity contribution in [2.75, 3.05) is 0 Å². The smallest absolute Gasteiger partial charge is 0.103 e. The molecule has 0 saturated heterocycles. The fraction of sp³-hybridized carbons (Fsp3) is 0.500. The second kappa shape index (κ2) is 4.49. The molecule has 3 nitrogen and oxygen atoms in total. The maximum absolute atomic E-state index is 6.07. The van der Waals surface area contributed by atoms with E-state index in [9.17, 15) is 0 Å². The van der Waals surface area contributed by atoms with Crippen LogP contribution < -0.4 is 5.73 Å². The fourth-order valence-corrected chi connectivity index (χ4v) is 2.69. The maximum Gasteiger partial charge on any atom is 0.103 e. The van der Waals surface area contributed by atoms with Gasteiger partial charge in [0, 0.05) is 5.92 Å². The quantitative estimate of drug-likeness (QED) is 0.627. The Kier molecular flexibility index (Phi) is 2.85. The minimum absolute atomic E-state index is 0.500. The van der Waals surface area contributed by atoms with Gasteiger partial charge in [-0.2, -0.15) is 0 Å². The predicted octanol–water partition coefficient (Wildman–Crippen LogP) is 2.90. The summed E-state index contributed by atoms with van der Waals surface area (Å²) in [5.41, 5.74) is 9.58. The van der Waals surface area contributed by atoms with Gasteiger partial charge in [0.05, 0.1) is 18.9 Å². The van der Waals surface area contributed by atoms with Crippen molar-refractivity contribution in [3.63, 3.8) is 0 Å². The van der Waals surface area contributed by atoms with E-state index < -0.39 is 0 Å². The van der Waals surface area contributed by atoms with Crippen LogP contribution in [0, 0.1) is 5.92 Å². The van der Waals surface area contributed by atoms with Crippen LogP contribution in [0.5, 0.6) is 0 Å². The largest absolute Gasteiger partial charge is 0.387 e. The van der Waals surface area contributed by atoms with Crippen molar-refractivity contribution in [1.82, 2.24) is 0 Å². The van der Waals surface area contributed by atoms with Gasteiger partial charge < -0.3 is 10.5 Å². The number of aliphatic imine (C=N–C) groups is 1. The van der Waals surface area contributed by atoms with Crippen molar-refractivity contribution in [3.8, 4) is 0 Å². The average Bonchev–Trinajstić information content (AvgIpc) is 2.99. The molecule has 1 saturated carbocycles. The van der Waals surface area contributed by atoms with Crippen LogP contribution in [0.2, 0.25) is 0 Å². The molecule has 3 rings (SSSR count). The summed E-state index contributed by atoms with van der Waals surface area (Å²) in [5, 5.41) is 0. The van der Waals surface area contributed by atoms with Crippen molar-refractivity contribution in [2.45, 2.75) is 38.9 Å². The summed E-state index contributed by atoms with van der Waals surface area (Å²) < 4.78 is 5.39. The van der Waals surface area contributed by atoms with Gasteiger partial charge in [0.1, 0.15) is 5.84 Å². The number of nitrogens with zero attached hydrogens (tertiary/aromatic N) is 1. The van der Waals surface area contributed by atoms with Crippen LogP contribution in [-0.4, -0.2) is 5.84 Å². The molecule has 1 heterocycles. The molecule has 0 spiro atoms. The average molecular weight is 230 g/mol. The predicted molar refractivity (Wildman–Crippen MR) is 68.2 cm³/mol. The summed E-state index contributed by atoms with van der Waals surface area (Å²) in [4.78, 5) is 4.56. The van der Waals surface area contributed by atoms with Gasteiger partial charge in [-0.25, -0.2) is 4.99 Å². The highest BCUT2D eigenvalue weighted by atomic mass is 16.5. The van der Waals surface area contributed by atoms with E-state index in [1.54, 1.807) is 0 Å². The lowest BCUT2D eigenvalue weighted by atomic mass is 10.1. The number of fused-ring (bicyclic) bond motifs is 1. The fourth-order valence-electron chi connectivity index (χ4n) is 2.69. The first kappa shape index (κ1) is 10.8. The van der Waals surface area contributed by atoms with Crippen LogP contribution in [0.15, 0.2) is 23.2 Å². The molecule has 0 radical (unpaired) electrons. The molecule has 17 heavy (non-hydrogen) atoms. The van der Waals surface area contributed by atoms with E-state index in [0.29, 0.717) is 12.5 Å². The van der Waals surface area contributed by atoms with Gasteiger partial charge in [0.25, 0.3) is 0 Å². The number of amidine groups is 1. The van der Waals surface area contributed by atoms with Crippen LogP contribution >= 0.6 is 0 Å². The molecule has 1 aliphatic heterocycles. The first-order chi connectivity index (χ1) is 8.33. The van der Waals surface area contributed by atoms with Crippen molar-refractivity contribution >= 4 is 11.5 Å². The molecule has 0 unspecified atom stereocenters. The molecule has 90 valence electrons. The Morgan fingerprint density at radius 2 is 1.94 bits per heavy atom. The monoisotopic (exact) mass is 230 g/mol. The van der Waals surface area contributed by atoms with Gasteiger partial charge in [0.15, 0.2) is 0 Å². The molecular weight excluding hydrogens is 212 g/mol. The van der Waals surface area contributed by atoms with Gasteiger partial charge in [-0.3, -0.25) is 0 Å². The minimum Gasteiger partial charge on any atom is -0.387 e. The van der Waals surface area contributed by atoms with E-state index in [4.69, 9.17) is 10.5 Å². The van der Waals surface area contributed by atoms with Crippen LogP contribution in [0.1, 0.15) is 36.8 Å². The summed E-state index contributed by atoms with van der Waals surface area (Å²) in [6.45, 7) is 1.44. The van der Waals surface area contributed by atoms with Crippen LogP contribution in [0.25, 0.3) is 0 Å². The Hall–Kier alpha value is -1.35. The number of hydrogen-bond acceptors (Lipinski definition) is 2. The molecule has 0 atom stereocenters. The molecule has 0 amide bonds. The topological polar surface area (TPSA) is 47.6 Å². The zero-order valence-electron chi connectivity index (χ0n) is 9.98. The number of rotatable bonds is 2. The highest BCUT2D eigenvalue weighted by Gasteiger charge is 2.18. The van der Waals surface area contributed by atoms with Gasteiger partial charge in [-0.15, -0.1) is 0 Å². The highest BCUT2D eigenvalue weighted by Crippen LogP contribution is 2.28. The Labute approximate surface area is 102 Å². The lowest BCUT2D eigenvalue weighted by Crippen LogP contribution is -2.20. The number of nitrogens with two attached hydrogens (primary N) is 1. The molecule has 1 aromatic rings. The molecule has 0 aromatic heterocycles. The third-order valence-electron chi connectivity index (χ3n) is 3.74. The zero-order valence-corrected chi connectivity index (χ0v) is 9.98. The van der Waals surface area contributed by atoms with Crippen LogP contribution in [0.4, 0.5) is 5.69 Å². The highest BCUT2D eigenvalue weighted by molar-refractivity contribution is 5.85. The van der Waals surface area contributed by atoms with Crippen molar-refractivity contribution in [1.29, 1.82) is 0 Å². The van der Waals surface area contributed by atoms with Crippen molar-refractivity contribution in [2.24, 2.45) is 16.6 Å². The molecular formula is C14H18N2O. The van der Waals surface area contributed by atoms with Crippen molar-refractivity contribution in [3.05, 3.63) is 29.3 Å². The Balaban J connectivity index is 1.82. The lowest BCUT2D eigenvalue weighted by molar-refractivity contribution is 0.134. The lowest BCUT2D eigenvalue weighted by Gasteiger charge is -2.08. The Morgan fingerprint density at radius 1 is 1.18 bits per heavy atom. The Morgan fingerprint density at radius 3 is 2.76 bits per heavy atom. The SMILES string of the molecule is NC(=Nc1ccc2c(c1)COC2)C1CCCC1. The first-order valence-corrected chi connectivity index (χ1v) is 6.36. The standard InChI is InChI=1S/C14H18N2O/c15-14(10-3-1-2-4-10)16-13-6-5-11-8-17-9-12(11)7-13/h5-7,10H,1-4,8-9H2,(H2,15,16). The first-order valence-electron chi connectivity index (χ1n) is 6.36. The summed E-state index contributed by atoms with van der Waals surface area (Å²) >= 11 is 0. The minimum atomic E-state index is 0.500. The van der Waals surface area contributed by atoms with Gasteiger partial charge >= 0.3 is 0 Å². The summed E-state index contributed by atoms with van der Waals surface area (Å²) in [6.07, 6.45) is 4.98. The molecule has 1 fully saturated rings. The van der Waals surface area contributed by atoms with Gasteiger partial charge in [-0.05, 0) is 36.1 Å². The van der Waals surface area contributed by atoms with E-state index in [1.165, 1.54) is 36.8 Å². The van der Waals surface area contributed by atoms with E-state index in [1.807, 2.05) is 6.07 Å². The second-order valence-corrected chi connectivity index (χ2v) is 4.96. The zero-order chi connectivity index (χ0) is 11.7. The third kappa shape index (κ3) is 2.20. The number of ether oxygens (including phenoxy) is 1. The van der Waals surface area contributed by atoms with Gasteiger partial charge in [0.2, 0.25) is 0 Å². The van der Waals surface area contributed by atoms with E-state index in [0.717, 1.165) is 18.1 Å².